The summed E-state index contributed by atoms with van der Waals surface area (Å²) in [4.78, 5) is 44.5. The second kappa shape index (κ2) is 9.97. The smallest absolute Gasteiger partial charge is 0.326 e. The van der Waals surface area contributed by atoms with E-state index in [9.17, 15) is 14.4 Å². The van der Waals surface area contributed by atoms with Gasteiger partial charge in [0.05, 0.1) is 18.8 Å². The Kier molecular flexibility index (Phi) is 6.85. The molecule has 2 aromatic heterocycles. The van der Waals surface area contributed by atoms with Crippen molar-refractivity contribution in [1.82, 2.24) is 34.9 Å². The van der Waals surface area contributed by atoms with Gasteiger partial charge in [-0.25, -0.2) is 4.79 Å². The largest absolute Gasteiger partial charge is 0.344 e. The highest BCUT2D eigenvalue weighted by Crippen LogP contribution is 2.23. The molecular formula is C23H29N7O3. The van der Waals surface area contributed by atoms with Crippen LogP contribution in [0.2, 0.25) is 0 Å². The van der Waals surface area contributed by atoms with Crippen LogP contribution >= 0.6 is 0 Å². The summed E-state index contributed by atoms with van der Waals surface area (Å²) in [5.41, 5.74) is 1.50. The Morgan fingerprint density at radius 1 is 1.09 bits per heavy atom. The number of nitrogens with one attached hydrogen (secondary N) is 3. The van der Waals surface area contributed by atoms with E-state index in [1.165, 1.54) is 0 Å². The molecule has 10 heteroatoms. The first kappa shape index (κ1) is 22.7. The maximum atomic E-state index is 12.5. The molecule has 1 atom stereocenters. The summed E-state index contributed by atoms with van der Waals surface area (Å²) < 4.78 is 1.97. The molecule has 174 valence electrons. The van der Waals surface area contributed by atoms with Gasteiger partial charge in [0.25, 0.3) is 11.5 Å². The molecule has 1 aliphatic heterocycles. The van der Waals surface area contributed by atoms with E-state index in [0.717, 1.165) is 62.0 Å². The van der Waals surface area contributed by atoms with Crippen LogP contribution in [-0.2, 0) is 6.54 Å². The number of likely N-dealkylation sites (N-methyl/N-ethyl adjacent to an activating group) is 1. The molecule has 1 saturated heterocycles. The summed E-state index contributed by atoms with van der Waals surface area (Å²) in [5.74, 6) is -0.521. The SMILES string of the molecule is CC(NC(=O)c1cc(=O)[nH]c(=O)[nH]1)c1cccc(-c2cnn(CCN3CCN(C)CC3)c2)c1. The number of hydrogen-bond acceptors (Lipinski definition) is 6. The summed E-state index contributed by atoms with van der Waals surface area (Å²) >= 11 is 0. The van der Waals surface area contributed by atoms with E-state index in [0.29, 0.717) is 0 Å². The fraction of sp³-hybridized carbons (Fsp3) is 0.391. The van der Waals surface area contributed by atoms with Crippen molar-refractivity contribution in [2.24, 2.45) is 0 Å². The maximum Gasteiger partial charge on any atom is 0.326 e. The predicted octanol–water partition coefficient (Wildman–Crippen LogP) is 0.665. The number of aromatic amines is 2. The summed E-state index contributed by atoms with van der Waals surface area (Å²) in [6.07, 6.45) is 3.90. The summed E-state index contributed by atoms with van der Waals surface area (Å²) in [6, 6.07) is 8.61. The highest BCUT2D eigenvalue weighted by atomic mass is 16.2. The van der Waals surface area contributed by atoms with Gasteiger partial charge in [-0.15, -0.1) is 0 Å². The van der Waals surface area contributed by atoms with Crippen molar-refractivity contribution in [3.63, 3.8) is 0 Å². The molecule has 3 N–H and O–H groups in total. The quantitative estimate of drug-likeness (QED) is 0.486. The van der Waals surface area contributed by atoms with Crippen molar-refractivity contribution >= 4 is 5.91 Å². The number of carbonyl (C=O) groups excluding carboxylic acids is 1. The average molecular weight is 452 g/mol. The van der Waals surface area contributed by atoms with E-state index in [2.05, 4.69) is 32.2 Å². The van der Waals surface area contributed by atoms with Gasteiger partial charge in [-0.3, -0.25) is 24.2 Å². The third-order valence-corrected chi connectivity index (χ3v) is 5.95. The Bertz CT molecular complexity index is 1190. The molecule has 0 spiro atoms. The Hall–Kier alpha value is -3.50. The first-order chi connectivity index (χ1) is 15.9. The van der Waals surface area contributed by atoms with Gasteiger partial charge in [0, 0.05) is 50.6 Å². The van der Waals surface area contributed by atoms with Crippen LogP contribution < -0.4 is 16.6 Å². The lowest BCUT2D eigenvalue weighted by Crippen LogP contribution is -2.45. The molecule has 10 nitrogen and oxygen atoms in total. The lowest BCUT2D eigenvalue weighted by Gasteiger charge is -2.32. The van der Waals surface area contributed by atoms with Crippen LogP contribution in [-0.4, -0.2) is 75.2 Å². The van der Waals surface area contributed by atoms with Crippen LogP contribution in [0.5, 0.6) is 0 Å². The average Bonchev–Trinajstić information content (AvgIpc) is 3.27. The van der Waals surface area contributed by atoms with E-state index in [-0.39, 0.29) is 11.7 Å². The van der Waals surface area contributed by atoms with Crippen molar-refractivity contribution in [3.8, 4) is 11.1 Å². The lowest BCUT2D eigenvalue weighted by molar-refractivity contribution is 0.0934. The minimum Gasteiger partial charge on any atom is -0.344 e. The number of H-pyrrole nitrogens is 2. The lowest BCUT2D eigenvalue weighted by atomic mass is 10.0. The van der Waals surface area contributed by atoms with Crippen LogP contribution in [0.3, 0.4) is 0 Å². The molecular weight excluding hydrogens is 422 g/mol. The summed E-state index contributed by atoms with van der Waals surface area (Å²) in [5, 5.41) is 7.33. The summed E-state index contributed by atoms with van der Waals surface area (Å²) in [6.45, 7) is 8.03. The molecule has 0 bridgehead atoms. The maximum absolute atomic E-state index is 12.5. The molecule has 4 rings (SSSR count). The Morgan fingerprint density at radius 2 is 1.88 bits per heavy atom. The van der Waals surface area contributed by atoms with Crippen molar-refractivity contribution in [3.05, 3.63) is 74.8 Å². The molecule has 0 saturated carbocycles. The number of carbonyl (C=O) groups is 1. The van der Waals surface area contributed by atoms with Gasteiger partial charge in [-0.1, -0.05) is 18.2 Å². The number of nitrogens with zero attached hydrogens (tertiary/aromatic N) is 4. The minimum atomic E-state index is -0.716. The standard InChI is InChI=1S/C23H29N7O3/c1-16(25-22(32)20-13-21(31)27-23(33)26-20)17-4-3-5-18(12-17)19-14-24-30(15-19)11-10-29-8-6-28(2)7-9-29/h3-5,12-16H,6-11H2,1-2H3,(H,25,32)(H2,26,27,31,33). The molecule has 1 aromatic carbocycles. The Morgan fingerprint density at radius 3 is 2.64 bits per heavy atom. The first-order valence-corrected chi connectivity index (χ1v) is 11.1. The number of rotatable bonds is 7. The van der Waals surface area contributed by atoms with Gasteiger partial charge in [0.2, 0.25) is 0 Å². The van der Waals surface area contributed by atoms with Gasteiger partial charge in [0.1, 0.15) is 5.69 Å². The minimum absolute atomic E-state index is 0.0756. The van der Waals surface area contributed by atoms with Gasteiger partial charge in [-0.05, 0) is 31.2 Å². The summed E-state index contributed by atoms with van der Waals surface area (Å²) in [7, 11) is 2.15. The molecule has 1 unspecified atom stereocenters. The number of aromatic nitrogens is 4. The normalized spacial score (nSPS) is 15.9. The molecule has 3 aromatic rings. The van der Waals surface area contributed by atoms with Crippen LogP contribution in [0.15, 0.2) is 52.3 Å². The number of piperazine rings is 1. The highest BCUT2D eigenvalue weighted by Gasteiger charge is 2.15. The van der Waals surface area contributed by atoms with Gasteiger partial charge in [0.15, 0.2) is 0 Å². The monoisotopic (exact) mass is 451 g/mol. The van der Waals surface area contributed by atoms with Crippen LogP contribution in [0, 0.1) is 0 Å². The molecule has 33 heavy (non-hydrogen) atoms. The molecule has 0 radical (unpaired) electrons. The van der Waals surface area contributed by atoms with Gasteiger partial charge < -0.3 is 15.2 Å². The van der Waals surface area contributed by atoms with Crippen LogP contribution in [0.25, 0.3) is 11.1 Å². The van der Waals surface area contributed by atoms with E-state index in [1.807, 2.05) is 53.2 Å². The highest BCUT2D eigenvalue weighted by molar-refractivity contribution is 5.92. The molecule has 1 amide bonds. The second-order valence-corrected chi connectivity index (χ2v) is 8.46. The third kappa shape index (κ3) is 5.85. The van der Waals surface area contributed by atoms with E-state index < -0.39 is 17.2 Å². The number of benzene rings is 1. The molecule has 0 aliphatic carbocycles. The van der Waals surface area contributed by atoms with Crippen LogP contribution in [0.1, 0.15) is 29.0 Å². The van der Waals surface area contributed by atoms with E-state index in [4.69, 9.17) is 0 Å². The van der Waals surface area contributed by atoms with Gasteiger partial charge >= 0.3 is 5.69 Å². The number of hydrogen-bond donors (Lipinski definition) is 3. The topological polar surface area (TPSA) is 119 Å². The Labute approximate surface area is 191 Å². The fourth-order valence-corrected chi connectivity index (χ4v) is 3.89. The molecule has 3 heterocycles. The van der Waals surface area contributed by atoms with E-state index >= 15 is 0 Å². The molecule has 1 fully saturated rings. The first-order valence-electron chi connectivity index (χ1n) is 11.1. The molecule has 1 aliphatic rings. The number of amides is 1. The van der Waals surface area contributed by atoms with Crippen molar-refractivity contribution in [1.29, 1.82) is 0 Å². The zero-order valence-electron chi connectivity index (χ0n) is 18.9. The Balaban J connectivity index is 1.39. The zero-order valence-corrected chi connectivity index (χ0v) is 18.9. The fourth-order valence-electron chi connectivity index (χ4n) is 3.89. The van der Waals surface area contributed by atoms with Crippen molar-refractivity contribution in [2.45, 2.75) is 19.5 Å². The zero-order chi connectivity index (χ0) is 23.4. The third-order valence-electron chi connectivity index (χ3n) is 5.95. The van der Waals surface area contributed by atoms with Crippen molar-refractivity contribution in [2.75, 3.05) is 39.8 Å². The van der Waals surface area contributed by atoms with Crippen LogP contribution in [0.4, 0.5) is 0 Å². The van der Waals surface area contributed by atoms with E-state index in [1.54, 1.807) is 0 Å². The van der Waals surface area contributed by atoms with Gasteiger partial charge in [-0.2, -0.15) is 5.10 Å². The second-order valence-electron chi connectivity index (χ2n) is 8.46. The predicted molar refractivity (Wildman–Crippen MR) is 125 cm³/mol. The van der Waals surface area contributed by atoms with Crippen molar-refractivity contribution < 1.29 is 4.79 Å².